The van der Waals surface area contributed by atoms with E-state index in [2.05, 4.69) is 22.0 Å². The molecule has 0 bridgehead atoms. The molecule has 0 fully saturated rings. The molecule has 5 heteroatoms. The van der Waals surface area contributed by atoms with Crippen LogP contribution in [0, 0.1) is 0 Å². The van der Waals surface area contributed by atoms with Crippen LogP contribution in [0.5, 0.6) is 0 Å². The summed E-state index contributed by atoms with van der Waals surface area (Å²) in [6.45, 7) is 4.95. The number of hydrogen-bond donors (Lipinski definition) is 3. The minimum Gasteiger partial charge on any atom is -0.352 e. The second-order valence-electron chi connectivity index (χ2n) is 6.79. The number of hydrogen-bond acceptors (Lipinski definition) is 2. The highest BCUT2D eigenvalue weighted by molar-refractivity contribution is 5.94. The highest BCUT2D eigenvalue weighted by Crippen LogP contribution is 2.19. The molecule has 25 heavy (non-hydrogen) atoms. The third kappa shape index (κ3) is 6.99. The van der Waals surface area contributed by atoms with Crippen molar-refractivity contribution >= 4 is 11.9 Å². The van der Waals surface area contributed by atoms with Crippen LogP contribution in [0.15, 0.2) is 35.9 Å². The van der Waals surface area contributed by atoms with Crippen molar-refractivity contribution < 1.29 is 9.59 Å². The normalized spacial score (nSPS) is 14.0. The quantitative estimate of drug-likeness (QED) is 0.663. The average Bonchev–Trinajstić information content (AvgIpc) is 2.60. The zero-order valence-corrected chi connectivity index (χ0v) is 15.2. The minimum atomic E-state index is -0.186. The Kier molecular flexibility index (Phi) is 7.51. The number of carbonyl (C=O) groups is 2. The lowest BCUT2D eigenvalue weighted by molar-refractivity contribution is 0.0954. The lowest BCUT2D eigenvalue weighted by atomic mass is 9.97. The summed E-state index contributed by atoms with van der Waals surface area (Å²) in [5.41, 5.74) is 3.07. The van der Waals surface area contributed by atoms with Crippen LogP contribution in [0.25, 0.3) is 0 Å². The molecule has 3 N–H and O–H groups in total. The monoisotopic (exact) mass is 343 g/mol. The molecule has 0 saturated carbocycles. The molecule has 1 aliphatic carbocycles. The summed E-state index contributed by atoms with van der Waals surface area (Å²) in [6.07, 6.45) is 8.15. The molecule has 0 aliphatic heterocycles. The minimum absolute atomic E-state index is 0.0477. The van der Waals surface area contributed by atoms with Crippen LogP contribution in [0.3, 0.4) is 0 Å². The molecule has 1 aromatic rings. The van der Waals surface area contributed by atoms with Crippen molar-refractivity contribution in [3.05, 3.63) is 47.0 Å². The molecule has 1 aromatic carbocycles. The Bertz CT molecular complexity index is 606. The Hall–Kier alpha value is -2.30. The Morgan fingerprint density at radius 3 is 2.48 bits per heavy atom. The number of rotatable bonds is 7. The first-order valence-electron chi connectivity index (χ1n) is 9.14. The van der Waals surface area contributed by atoms with E-state index in [4.69, 9.17) is 0 Å². The lowest BCUT2D eigenvalue weighted by Gasteiger charge is -2.13. The van der Waals surface area contributed by atoms with Crippen molar-refractivity contribution in [2.24, 2.45) is 0 Å². The summed E-state index contributed by atoms with van der Waals surface area (Å²) in [6, 6.07) is 7.26. The van der Waals surface area contributed by atoms with Crippen LogP contribution in [0.2, 0.25) is 0 Å². The standard InChI is InChI=1S/C20H29N3O2/c1-15(2)23-20(25)22-14-17-8-10-18(11-9-17)19(24)21-13-12-16-6-4-3-5-7-16/h6,8-11,15H,3-5,7,12-14H2,1-2H3,(H,21,24)(H2,22,23,25). The van der Waals surface area contributed by atoms with Gasteiger partial charge < -0.3 is 16.0 Å². The average molecular weight is 343 g/mol. The molecule has 0 aromatic heterocycles. The van der Waals surface area contributed by atoms with Crippen LogP contribution in [0.1, 0.15) is 61.9 Å². The first kappa shape index (κ1) is 19.0. The van der Waals surface area contributed by atoms with Crippen LogP contribution < -0.4 is 16.0 Å². The zero-order chi connectivity index (χ0) is 18.1. The van der Waals surface area contributed by atoms with E-state index in [1.165, 1.54) is 31.3 Å². The molecular formula is C20H29N3O2. The van der Waals surface area contributed by atoms with E-state index < -0.39 is 0 Å². The summed E-state index contributed by atoms with van der Waals surface area (Å²) in [4.78, 5) is 23.7. The van der Waals surface area contributed by atoms with Crippen molar-refractivity contribution in [1.29, 1.82) is 0 Å². The number of urea groups is 1. The van der Waals surface area contributed by atoms with E-state index in [1.54, 1.807) is 12.1 Å². The van der Waals surface area contributed by atoms with E-state index >= 15 is 0 Å². The van der Waals surface area contributed by atoms with Gasteiger partial charge in [-0.2, -0.15) is 0 Å². The molecule has 2 rings (SSSR count). The van der Waals surface area contributed by atoms with Crippen LogP contribution >= 0.6 is 0 Å². The molecule has 1 aliphatic rings. The van der Waals surface area contributed by atoms with E-state index in [9.17, 15) is 9.59 Å². The first-order valence-corrected chi connectivity index (χ1v) is 9.14. The van der Waals surface area contributed by atoms with Gasteiger partial charge in [-0.1, -0.05) is 23.8 Å². The van der Waals surface area contributed by atoms with Gasteiger partial charge in [-0.05, 0) is 63.6 Å². The van der Waals surface area contributed by atoms with E-state index in [0.717, 1.165) is 12.0 Å². The van der Waals surface area contributed by atoms with Gasteiger partial charge in [0, 0.05) is 24.7 Å². The summed E-state index contributed by atoms with van der Waals surface area (Å²) in [7, 11) is 0. The third-order valence-electron chi connectivity index (χ3n) is 4.21. The second kappa shape index (κ2) is 9.87. The van der Waals surface area contributed by atoms with Gasteiger partial charge in [0.25, 0.3) is 5.91 Å². The molecule has 0 heterocycles. The maximum Gasteiger partial charge on any atom is 0.315 e. The molecule has 0 unspecified atom stereocenters. The maximum atomic E-state index is 12.2. The summed E-state index contributed by atoms with van der Waals surface area (Å²) < 4.78 is 0. The fraction of sp³-hybridized carbons (Fsp3) is 0.500. The molecule has 5 nitrogen and oxygen atoms in total. The predicted molar refractivity (Wildman–Crippen MR) is 100 cm³/mol. The van der Waals surface area contributed by atoms with Crippen molar-refractivity contribution in [1.82, 2.24) is 16.0 Å². The molecule has 3 amide bonds. The summed E-state index contributed by atoms with van der Waals surface area (Å²) in [5.74, 6) is -0.0477. The van der Waals surface area contributed by atoms with Gasteiger partial charge in [-0.15, -0.1) is 0 Å². The van der Waals surface area contributed by atoms with Gasteiger partial charge in [0.15, 0.2) is 0 Å². The zero-order valence-electron chi connectivity index (χ0n) is 15.2. The number of nitrogens with one attached hydrogen (secondary N) is 3. The van der Waals surface area contributed by atoms with Crippen LogP contribution in [-0.4, -0.2) is 24.5 Å². The van der Waals surface area contributed by atoms with Gasteiger partial charge in [0.1, 0.15) is 0 Å². The molecule has 0 radical (unpaired) electrons. The van der Waals surface area contributed by atoms with Crippen LogP contribution in [0.4, 0.5) is 4.79 Å². The highest BCUT2D eigenvalue weighted by Gasteiger charge is 2.08. The molecule has 136 valence electrons. The molecule has 0 saturated heterocycles. The summed E-state index contributed by atoms with van der Waals surface area (Å²) >= 11 is 0. The Balaban J connectivity index is 1.73. The second-order valence-corrected chi connectivity index (χ2v) is 6.79. The van der Waals surface area contributed by atoms with Gasteiger partial charge in [0.05, 0.1) is 0 Å². The Morgan fingerprint density at radius 2 is 1.84 bits per heavy atom. The van der Waals surface area contributed by atoms with Crippen molar-refractivity contribution in [3.8, 4) is 0 Å². The van der Waals surface area contributed by atoms with Gasteiger partial charge >= 0.3 is 6.03 Å². The first-order chi connectivity index (χ1) is 12.0. The predicted octanol–water partition coefficient (Wildman–Crippen LogP) is 3.51. The van der Waals surface area contributed by atoms with Gasteiger partial charge in [0.2, 0.25) is 0 Å². The highest BCUT2D eigenvalue weighted by atomic mass is 16.2. The fourth-order valence-electron chi connectivity index (χ4n) is 2.84. The maximum absolute atomic E-state index is 12.2. The largest absolute Gasteiger partial charge is 0.352 e. The number of allylic oxidation sites excluding steroid dienone is 1. The van der Waals surface area contributed by atoms with Crippen molar-refractivity contribution in [2.75, 3.05) is 6.54 Å². The number of amides is 3. The topological polar surface area (TPSA) is 70.2 Å². The molecule has 0 atom stereocenters. The van der Waals surface area contributed by atoms with Crippen LogP contribution in [-0.2, 0) is 6.54 Å². The van der Waals surface area contributed by atoms with E-state index in [0.29, 0.717) is 18.7 Å². The number of carbonyl (C=O) groups excluding carboxylic acids is 2. The summed E-state index contributed by atoms with van der Waals surface area (Å²) in [5, 5.41) is 8.54. The Labute approximate surface area is 150 Å². The molecular weight excluding hydrogens is 314 g/mol. The number of benzene rings is 1. The third-order valence-corrected chi connectivity index (χ3v) is 4.21. The van der Waals surface area contributed by atoms with Gasteiger partial charge in [-0.3, -0.25) is 4.79 Å². The Morgan fingerprint density at radius 1 is 1.08 bits per heavy atom. The van der Waals surface area contributed by atoms with E-state index in [-0.39, 0.29) is 18.0 Å². The smallest absolute Gasteiger partial charge is 0.315 e. The lowest BCUT2D eigenvalue weighted by Crippen LogP contribution is -2.39. The van der Waals surface area contributed by atoms with Crippen molar-refractivity contribution in [3.63, 3.8) is 0 Å². The van der Waals surface area contributed by atoms with E-state index in [1.807, 2.05) is 26.0 Å². The molecule has 0 spiro atoms. The van der Waals surface area contributed by atoms with Gasteiger partial charge in [-0.25, -0.2) is 4.79 Å². The SMILES string of the molecule is CC(C)NC(=O)NCc1ccc(C(=O)NCCC2=CCCCC2)cc1. The fourth-order valence-corrected chi connectivity index (χ4v) is 2.84. The van der Waals surface area contributed by atoms with Crippen molar-refractivity contribution in [2.45, 2.75) is 58.5 Å².